The van der Waals surface area contributed by atoms with Crippen LogP contribution in [0.4, 0.5) is 0 Å². The van der Waals surface area contributed by atoms with Gasteiger partial charge < -0.3 is 15.3 Å². The van der Waals surface area contributed by atoms with Gasteiger partial charge in [0.25, 0.3) is 5.91 Å². The van der Waals surface area contributed by atoms with Crippen molar-refractivity contribution in [3.05, 3.63) is 11.8 Å². The molecule has 1 fully saturated rings. The molecule has 1 saturated heterocycles. The lowest BCUT2D eigenvalue weighted by molar-refractivity contribution is -0.139. The van der Waals surface area contributed by atoms with Crippen LogP contribution in [-0.4, -0.2) is 41.0 Å². The van der Waals surface area contributed by atoms with Crippen LogP contribution in [0.5, 0.6) is 0 Å². The van der Waals surface area contributed by atoms with Crippen LogP contribution >= 0.6 is 0 Å². The number of rotatable bonds is 6. The normalized spacial score (nSPS) is 18.0. The van der Waals surface area contributed by atoms with E-state index >= 15 is 0 Å². The third-order valence-electron chi connectivity index (χ3n) is 3.86. The fraction of sp³-hybridized carbons (Fsp3) is 0.688. The maximum absolute atomic E-state index is 12.3. The van der Waals surface area contributed by atoms with Gasteiger partial charge in [-0.25, -0.2) is 4.79 Å². The minimum Gasteiger partial charge on any atom is -0.480 e. The van der Waals surface area contributed by atoms with Gasteiger partial charge in [-0.2, -0.15) is 5.26 Å². The molecule has 0 aromatic carbocycles. The number of carbonyl (C=O) groups is 2. The number of nitrogens with zero attached hydrogens (tertiary/aromatic N) is 2. The van der Waals surface area contributed by atoms with Crippen molar-refractivity contribution < 1.29 is 14.7 Å². The number of nitriles is 1. The lowest BCUT2D eigenvalue weighted by atomic mass is 9.99. The Morgan fingerprint density at radius 3 is 2.45 bits per heavy atom. The molecule has 0 aromatic heterocycles. The van der Waals surface area contributed by atoms with Crippen molar-refractivity contribution in [2.75, 3.05) is 13.1 Å². The lowest BCUT2D eigenvalue weighted by Crippen LogP contribution is -2.40. The van der Waals surface area contributed by atoms with Crippen LogP contribution < -0.4 is 5.32 Å². The number of piperidine rings is 1. The van der Waals surface area contributed by atoms with E-state index in [1.807, 2.05) is 19.9 Å². The van der Waals surface area contributed by atoms with E-state index in [0.29, 0.717) is 25.4 Å². The molecular weight excluding hydrogens is 282 g/mol. The number of carbonyl (C=O) groups excluding carboxylic acids is 1. The largest absolute Gasteiger partial charge is 0.480 e. The van der Waals surface area contributed by atoms with Gasteiger partial charge in [-0.15, -0.1) is 0 Å². The van der Waals surface area contributed by atoms with E-state index in [1.54, 1.807) is 4.90 Å². The van der Waals surface area contributed by atoms with Crippen molar-refractivity contribution in [3.8, 4) is 6.07 Å². The Morgan fingerprint density at radius 1 is 1.41 bits per heavy atom. The molecule has 0 bridgehead atoms. The quantitative estimate of drug-likeness (QED) is 0.576. The summed E-state index contributed by atoms with van der Waals surface area (Å²) in [6.07, 6.45) is 3.55. The molecule has 1 amide bonds. The highest BCUT2D eigenvalue weighted by Crippen LogP contribution is 2.17. The van der Waals surface area contributed by atoms with Crippen molar-refractivity contribution >= 4 is 11.9 Å². The molecule has 1 unspecified atom stereocenters. The third kappa shape index (κ3) is 5.40. The molecule has 1 aliphatic rings. The van der Waals surface area contributed by atoms with Gasteiger partial charge >= 0.3 is 5.97 Å². The van der Waals surface area contributed by atoms with Crippen molar-refractivity contribution in [2.45, 2.75) is 46.1 Å². The zero-order chi connectivity index (χ0) is 16.7. The van der Waals surface area contributed by atoms with E-state index in [1.165, 1.54) is 6.20 Å². The Hall–Kier alpha value is -2.03. The molecular formula is C16H25N3O3. The molecule has 1 atom stereocenters. The molecule has 1 aliphatic heterocycles. The lowest BCUT2D eigenvalue weighted by Gasteiger charge is -2.30. The molecule has 0 aliphatic carbocycles. The summed E-state index contributed by atoms with van der Waals surface area (Å²) < 4.78 is 0. The van der Waals surface area contributed by atoms with Crippen LogP contribution in [0.3, 0.4) is 0 Å². The van der Waals surface area contributed by atoms with Gasteiger partial charge in [0.15, 0.2) is 0 Å². The highest BCUT2D eigenvalue weighted by Gasteiger charge is 2.24. The second-order valence-electron chi connectivity index (χ2n) is 6.33. The Labute approximate surface area is 131 Å². The van der Waals surface area contributed by atoms with E-state index in [4.69, 9.17) is 10.4 Å². The molecule has 6 heteroatoms. The minimum absolute atomic E-state index is 0.0374. The third-order valence-corrected chi connectivity index (χ3v) is 3.86. The number of aliphatic carboxylic acids is 1. The molecule has 1 heterocycles. The molecule has 122 valence electrons. The van der Waals surface area contributed by atoms with Crippen LogP contribution in [0.2, 0.25) is 0 Å². The zero-order valence-electron chi connectivity index (χ0n) is 13.5. The fourth-order valence-electron chi connectivity index (χ4n) is 2.42. The predicted octanol–water partition coefficient (Wildman–Crippen LogP) is 1.74. The first-order valence-corrected chi connectivity index (χ1v) is 7.73. The highest BCUT2D eigenvalue weighted by atomic mass is 16.4. The standard InChI is InChI=1S/C16H25N3O3/c1-11(2)8-14(16(21)22)18-10-13(9-17)15(20)19-6-4-12(3)5-7-19/h10-12,14,18H,4-8H2,1-3H3,(H,21,22)/b13-10-. The number of likely N-dealkylation sites (tertiary alicyclic amines) is 1. The molecule has 0 saturated carbocycles. The summed E-state index contributed by atoms with van der Waals surface area (Å²) in [4.78, 5) is 25.1. The van der Waals surface area contributed by atoms with Crippen LogP contribution in [-0.2, 0) is 9.59 Å². The molecule has 0 spiro atoms. The van der Waals surface area contributed by atoms with E-state index < -0.39 is 12.0 Å². The summed E-state index contributed by atoms with van der Waals surface area (Å²) in [5, 5.41) is 21.0. The first-order chi connectivity index (χ1) is 10.3. The van der Waals surface area contributed by atoms with Crippen molar-refractivity contribution in [2.24, 2.45) is 11.8 Å². The van der Waals surface area contributed by atoms with Gasteiger partial charge in [0, 0.05) is 19.3 Å². The summed E-state index contributed by atoms with van der Waals surface area (Å²) in [5.74, 6) is -0.511. The van der Waals surface area contributed by atoms with Gasteiger partial charge in [-0.1, -0.05) is 20.8 Å². The number of carboxylic acid groups (broad SMARTS) is 1. The van der Waals surface area contributed by atoms with Gasteiger partial charge in [0.1, 0.15) is 17.7 Å². The average Bonchev–Trinajstić information content (AvgIpc) is 2.46. The van der Waals surface area contributed by atoms with Gasteiger partial charge in [-0.3, -0.25) is 4.79 Å². The average molecular weight is 307 g/mol. The summed E-state index contributed by atoms with van der Waals surface area (Å²) in [6.45, 7) is 7.29. The Balaban J connectivity index is 2.71. The Morgan fingerprint density at radius 2 is 2.00 bits per heavy atom. The molecule has 22 heavy (non-hydrogen) atoms. The second-order valence-corrected chi connectivity index (χ2v) is 6.33. The van der Waals surface area contributed by atoms with E-state index in [2.05, 4.69) is 12.2 Å². The predicted molar refractivity (Wildman–Crippen MR) is 82.7 cm³/mol. The zero-order valence-corrected chi connectivity index (χ0v) is 13.5. The summed E-state index contributed by atoms with van der Waals surface area (Å²) in [7, 11) is 0. The SMILES string of the molecule is CC(C)CC(N/C=C(/C#N)C(=O)N1CCC(C)CC1)C(=O)O. The first kappa shape index (κ1) is 18.0. The molecule has 0 radical (unpaired) electrons. The number of carboxylic acids is 1. The van der Waals surface area contributed by atoms with E-state index in [-0.39, 0.29) is 17.4 Å². The van der Waals surface area contributed by atoms with Crippen molar-refractivity contribution in [1.29, 1.82) is 5.26 Å². The molecule has 1 rings (SSSR count). The maximum atomic E-state index is 12.3. The Bertz CT molecular complexity index is 472. The van der Waals surface area contributed by atoms with Crippen LogP contribution in [0.1, 0.15) is 40.0 Å². The second kappa shape index (κ2) is 8.42. The monoisotopic (exact) mass is 307 g/mol. The van der Waals surface area contributed by atoms with Crippen LogP contribution in [0.25, 0.3) is 0 Å². The molecule has 2 N–H and O–H groups in total. The summed E-state index contributed by atoms with van der Waals surface area (Å²) in [6, 6.07) is 1.08. The van der Waals surface area contributed by atoms with Gasteiger partial charge in [-0.05, 0) is 31.1 Å². The van der Waals surface area contributed by atoms with Crippen LogP contribution in [0.15, 0.2) is 11.8 Å². The van der Waals surface area contributed by atoms with Gasteiger partial charge in [0.05, 0.1) is 0 Å². The highest BCUT2D eigenvalue weighted by molar-refractivity contribution is 5.97. The number of amides is 1. The number of hydrogen-bond donors (Lipinski definition) is 2. The summed E-state index contributed by atoms with van der Waals surface area (Å²) >= 11 is 0. The van der Waals surface area contributed by atoms with E-state index in [0.717, 1.165) is 12.8 Å². The maximum Gasteiger partial charge on any atom is 0.326 e. The van der Waals surface area contributed by atoms with E-state index in [9.17, 15) is 9.59 Å². The van der Waals surface area contributed by atoms with Crippen LogP contribution in [0, 0.1) is 23.2 Å². The molecule has 0 aromatic rings. The number of hydrogen-bond acceptors (Lipinski definition) is 4. The minimum atomic E-state index is -0.985. The summed E-state index contributed by atoms with van der Waals surface area (Å²) in [5.41, 5.74) is -0.0374. The van der Waals surface area contributed by atoms with Gasteiger partial charge in [0.2, 0.25) is 0 Å². The van der Waals surface area contributed by atoms with Crippen molar-refractivity contribution in [1.82, 2.24) is 10.2 Å². The Kier molecular flexibility index (Phi) is 6.90. The molecule has 6 nitrogen and oxygen atoms in total. The smallest absolute Gasteiger partial charge is 0.326 e. The first-order valence-electron chi connectivity index (χ1n) is 7.73. The topological polar surface area (TPSA) is 93.4 Å². The number of nitrogens with one attached hydrogen (secondary N) is 1. The fourth-order valence-corrected chi connectivity index (χ4v) is 2.42. The van der Waals surface area contributed by atoms with Crippen molar-refractivity contribution in [3.63, 3.8) is 0 Å².